The van der Waals surface area contributed by atoms with Gasteiger partial charge in [-0.2, -0.15) is 0 Å². The Morgan fingerprint density at radius 3 is 2.50 bits per heavy atom. The number of allylic oxidation sites excluding steroid dienone is 3. The minimum absolute atomic E-state index is 1.04. The van der Waals surface area contributed by atoms with Crippen LogP contribution in [0.5, 0.6) is 0 Å². The maximum Gasteiger partial charge on any atom is 0.0406 e. The Bertz CT molecular complexity index is 282. The van der Waals surface area contributed by atoms with Gasteiger partial charge in [-0.15, -0.1) is 0 Å². The van der Waals surface area contributed by atoms with Crippen LogP contribution in [-0.4, -0.2) is 5.71 Å². The molecular weight excluding hydrogens is 170 g/mol. The first-order valence-corrected chi connectivity index (χ1v) is 5.57. The van der Waals surface area contributed by atoms with Gasteiger partial charge in [-0.05, 0) is 51.5 Å². The van der Waals surface area contributed by atoms with Crippen LogP contribution in [0.4, 0.5) is 0 Å². The fourth-order valence-corrected chi connectivity index (χ4v) is 1.84. The highest BCUT2D eigenvalue weighted by molar-refractivity contribution is 5.82. The Hall–Kier alpha value is -0.850. The molecule has 0 bridgehead atoms. The molecular formula is C13H21N. The molecule has 0 aliphatic heterocycles. The lowest BCUT2D eigenvalue weighted by Gasteiger charge is -2.18. The molecule has 0 amide bonds. The Labute approximate surface area is 87.6 Å². The third-order valence-corrected chi connectivity index (χ3v) is 2.89. The summed E-state index contributed by atoms with van der Waals surface area (Å²) in [4.78, 5) is 4.60. The molecule has 1 fully saturated rings. The summed E-state index contributed by atoms with van der Waals surface area (Å²) in [7, 11) is 0. The molecule has 0 radical (unpaired) electrons. The van der Waals surface area contributed by atoms with Crippen molar-refractivity contribution in [3.05, 3.63) is 23.4 Å². The van der Waals surface area contributed by atoms with Gasteiger partial charge in [0.05, 0.1) is 0 Å². The van der Waals surface area contributed by atoms with Crippen LogP contribution in [0.15, 0.2) is 28.4 Å². The minimum atomic E-state index is 1.04. The van der Waals surface area contributed by atoms with Crippen LogP contribution in [0.25, 0.3) is 0 Å². The third kappa shape index (κ3) is 2.83. The molecule has 1 rings (SSSR count). The summed E-state index contributed by atoms with van der Waals surface area (Å²) < 4.78 is 0. The molecule has 1 saturated carbocycles. The number of hydrogen-bond acceptors (Lipinski definition) is 1. The lowest BCUT2D eigenvalue weighted by atomic mass is 9.89. The molecule has 14 heavy (non-hydrogen) atoms. The highest BCUT2D eigenvalue weighted by atomic mass is 14.7. The van der Waals surface area contributed by atoms with Gasteiger partial charge in [0.2, 0.25) is 0 Å². The predicted molar refractivity (Wildman–Crippen MR) is 63.7 cm³/mol. The molecule has 1 aliphatic rings. The van der Waals surface area contributed by atoms with Gasteiger partial charge in [-0.25, -0.2) is 0 Å². The van der Waals surface area contributed by atoms with Crippen molar-refractivity contribution in [1.82, 2.24) is 0 Å². The summed E-state index contributed by atoms with van der Waals surface area (Å²) in [6.07, 6.45) is 5.97. The van der Waals surface area contributed by atoms with E-state index in [1.807, 2.05) is 0 Å². The van der Waals surface area contributed by atoms with Gasteiger partial charge < -0.3 is 0 Å². The van der Waals surface area contributed by atoms with Gasteiger partial charge in [-0.1, -0.05) is 19.1 Å². The van der Waals surface area contributed by atoms with Gasteiger partial charge in [0, 0.05) is 11.4 Å². The quantitative estimate of drug-likeness (QED) is 0.578. The Kier molecular flexibility index (Phi) is 4.12. The van der Waals surface area contributed by atoms with E-state index in [9.17, 15) is 0 Å². The first-order valence-electron chi connectivity index (χ1n) is 5.57. The average Bonchev–Trinajstić information content (AvgIpc) is 2.18. The van der Waals surface area contributed by atoms with E-state index in [2.05, 4.69) is 32.3 Å². The smallest absolute Gasteiger partial charge is 0.0406 e. The fraction of sp³-hybridized carbons (Fsp3) is 0.615. The van der Waals surface area contributed by atoms with Gasteiger partial charge >= 0.3 is 0 Å². The predicted octanol–water partition coefficient (Wildman–Crippen LogP) is 4.26. The van der Waals surface area contributed by atoms with Crippen molar-refractivity contribution in [2.75, 3.05) is 0 Å². The Morgan fingerprint density at radius 1 is 1.29 bits per heavy atom. The first-order chi connectivity index (χ1) is 6.65. The largest absolute Gasteiger partial charge is 0.263 e. The summed E-state index contributed by atoms with van der Waals surface area (Å²) in [5.41, 5.74) is 5.12. The normalized spacial score (nSPS) is 22.5. The topological polar surface area (TPSA) is 12.4 Å². The van der Waals surface area contributed by atoms with Crippen LogP contribution in [0.1, 0.15) is 52.9 Å². The second-order valence-corrected chi connectivity index (χ2v) is 4.08. The van der Waals surface area contributed by atoms with Crippen LogP contribution in [0, 0.1) is 0 Å². The molecule has 1 aliphatic carbocycles. The number of hydrogen-bond donors (Lipinski definition) is 0. The van der Waals surface area contributed by atoms with E-state index in [0.717, 1.165) is 12.8 Å². The zero-order chi connectivity index (χ0) is 10.6. The zero-order valence-electron chi connectivity index (χ0n) is 9.69. The summed E-state index contributed by atoms with van der Waals surface area (Å²) in [5.74, 6) is 0. The van der Waals surface area contributed by atoms with E-state index in [-0.39, 0.29) is 0 Å². The maximum atomic E-state index is 4.60. The molecule has 1 heteroatoms. The minimum Gasteiger partial charge on any atom is -0.263 e. The SMILES string of the molecule is C=C1CCCC/C1=C(\C)N=C(C)CC. The fourth-order valence-electron chi connectivity index (χ4n) is 1.84. The lowest BCUT2D eigenvalue weighted by Crippen LogP contribution is -2.00. The second kappa shape index (κ2) is 5.14. The number of nitrogens with zero attached hydrogens (tertiary/aromatic N) is 1. The van der Waals surface area contributed by atoms with E-state index in [4.69, 9.17) is 0 Å². The van der Waals surface area contributed by atoms with E-state index >= 15 is 0 Å². The van der Waals surface area contributed by atoms with Crippen molar-refractivity contribution in [3.8, 4) is 0 Å². The lowest BCUT2D eigenvalue weighted by molar-refractivity contribution is 0.674. The zero-order valence-corrected chi connectivity index (χ0v) is 9.69. The number of rotatable bonds is 2. The molecule has 0 spiro atoms. The molecule has 0 unspecified atom stereocenters. The molecule has 1 nitrogen and oxygen atoms in total. The van der Waals surface area contributed by atoms with Gasteiger partial charge in [0.25, 0.3) is 0 Å². The van der Waals surface area contributed by atoms with Crippen molar-refractivity contribution in [2.24, 2.45) is 4.99 Å². The van der Waals surface area contributed by atoms with Crippen LogP contribution in [-0.2, 0) is 0 Å². The second-order valence-electron chi connectivity index (χ2n) is 4.08. The summed E-state index contributed by atoms with van der Waals surface area (Å²) in [6.45, 7) is 10.5. The van der Waals surface area contributed by atoms with Crippen LogP contribution in [0.3, 0.4) is 0 Å². The maximum absolute atomic E-state index is 4.60. The standard InChI is InChI=1S/C13H21N/c1-5-11(3)14-12(4)13-9-7-6-8-10(13)2/h2,5-9H2,1,3-4H3/b13-12-,14-11?. The van der Waals surface area contributed by atoms with Crippen LogP contribution >= 0.6 is 0 Å². The molecule has 0 heterocycles. The monoisotopic (exact) mass is 191 g/mol. The van der Waals surface area contributed by atoms with E-state index in [1.165, 1.54) is 41.8 Å². The van der Waals surface area contributed by atoms with Crippen molar-refractivity contribution >= 4 is 5.71 Å². The van der Waals surface area contributed by atoms with Crippen molar-refractivity contribution in [2.45, 2.75) is 52.9 Å². The highest BCUT2D eigenvalue weighted by Crippen LogP contribution is 2.30. The average molecular weight is 191 g/mol. The van der Waals surface area contributed by atoms with E-state index in [1.54, 1.807) is 0 Å². The van der Waals surface area contributed by atoms with Crippen LogP contribution in [0.2, 0.25) is 0 Å². The molecule has 78 valence electrons. The molecule has 0 saturated heterocycles. The Balaban J connectivity index is 2.85. The highest BCUT2D eigenvalue weighted by Gasteiger charge is 2.11. The Morgan fingerprint density at radius 2 is 1.93 bits per heavy atom. The number of aliphatic imine (C=N–C) groups is 1. The van der Waals surface area contributed by atoms with Gasteiger partial charge in [0.15, 0.2) is 0 Å². The summed E-state index contributed by atoms with van der Waals surface area (Å²) >= 11 is 0. The molecule has 0 atom stereocenters. The molecule has 0 aromatic rings. The first kappa shape index (κ1) is 11.2. The molecule has 0 N–H and O–H groups in total. The van der Waals surface area contributed by atoms with E-state index < -0.39 is 0 Å². The van der Waals surface area contributed by atoms with Crippen molar-refractivity contribution in [3.63, 3.8) is 0 Å². The summed E-state index contributed by atoms with van der Waals surface area (Å²) in [6, 6.07) is 0. The van der Waals surface area contributed by atoms with Crippen molar-refractivity contribution in [1.29, 1.82) is 0 Å². The van der Waals surface area contributed by atoms with Gasteiger partial charge in [-0.3, -0.25) is 4.99 Å². The van der Waals surface area contributed by atoms with Crippen LogP contribution < -0.4 is 0 Å². The molecule has 0 aromatic carbocycles. The molecule has 0 aromatic heterocycles. The van der Waals surface area contributed by atoms with Crippen molar-refractivity contribution < 1.29 is 0 Å². The van der Waals surface area contributed by atoms with Gasteiger partial charge in [0.1, 0.15) is 0 Å². The van der Waals surface area contributed by atoms with E-state index in [0.29, 0.717) is 0 Å². The third-order valence-electron chi connectivity index (χ3n) is 2.89. The summed E-state index contributed by atoms with van der Waals surface area (Å²) in [5, 5.41) is 0.